The molecule has 0 bridgehead atoms. The van der Waals surface area contributed by atoms with Crippen molar-refractivity contribution in [2.24, 2.45) is 5.92 Å². The molecule has 0 N–H and O–H groups in total. The monoisotopic (exact) mass is 332 g/mol. The third-order valence-corrected chi connectivity index (χ3v) is 3.65. The Balaban J connectivity index is 1.86. The summed E-state index contributed by atoms with van der Waals surface area (Å²) in [5, 5.41) is 0. The number of ether oxygens (including phenoxy) is 2. The van der Waals surface area contributed by atoms with Crippen molar-refractivity contribution in [3.05, 3.63) is 27.8 Å². The second kappa shape index (κ2) is 5.03. The zero-order chi connectivity index (χ0) is 11.5. The zero-order valence-electron chi connectivity index (χ0n) is 8.98. The molecule has 0 radical (unpaired) electrons. The molecular weight excluding hydrogens is 319 g/mol. The summed E-state index contributed by atoms with van der Waals surface area (Å²) in [5.74, 6) is 0.801. The van der Waals surface area contributed by atoms with E-state index >= 15 is 0 Å². The molecule has 0 spiro atoms. The van der Waals surface area contributed by atoms with Crippen molar-refractivity contribution < 1.29 is 14.3 Å². The highest BCUT2D eigenvalue weighted by atomic mass is 127. The first-order chi connectivity index (χ1) is 7.70. The van der Waals surface area contributed by atoms with E-state index in [0.717, 1.165) is 22.2 Å². The van der Waals surface area contributed by atoms with Crippen LogP contribution in [0.3, 0.4) is 0 Å². The number of carbonyl (C=O) groups is 1. The molecule has 1 aliphatic carbocycles. The van der Waals surface area contributed by atoms with Crippen LogP contribution in [-0.2, 0) is 9.53 Å². The fraction of sp³-hybridized carbons (Fsp3) is 0.417. The molecule has 3 nitrogen and oxygen atoms in total. The van der Waals surface area contributed by atoms with E-state index in [0.29, 0.717) is 0 Å². The van der Waals surface area contributed by atoms with Gasteiger partial charge in [-0.3, -0.25) is 4.79 Å². The van der Waals surface area contributed by atoms with Gasteiger partial charge in [-0.2, -0.15) is 0 Å². The quantitative estimate of drug-likeness (QED) is 0.631. The minimum Gasteiger partial charge on any atom is -0.489 e. The van der Waals surface area contributed by atoms with E-state index in [9.17, 15) is 4.79 Å². The Labute approximate surface area is 108 Å². The lowest BCUT2D eigenvalue weighted by Gasteiger charge is -2.33. The van der Waals surface area contributed by atoms with Crippen LogP contribution >= 0.6 is 22.6 Å². The van der Waals surface area contributed by atoms with E-state index < -0.39 is 0 Å². The van der Waals surface area contributed by atoms with Gasteiger partial charge in [0.1, 0.15) is 11.9 Å². The number of para-hydroxylation sites is 1. The van der Waals surface area contributed by atoms with Crippen molar-refractivity contribution in [3.63, 3.8) is 0 Å². The number of hydrogen-bond acceptors (Lipinski definition) is 3. The summed E-state index contributed by atoms with van der Waals surface area (Å²) in [7, 11) is 1.43. The van der Waals surface area contributed by atoms with Gasteiger partial charge in [0.25, 0.3) is 0 Å². The molecule has 2 rings (SSSR count). The fourth-order valence-corrected chi connectivity index (χ4v) is 2.26. The smallest absolute Gasteiger partial charge is 0.308 e. The Bertz CT molecular complexity index is 386. The number of esters is 1. The molecule has 4 heteroatoms. The lowest BCUT2D eigenvalue weighted by Crippen LogP contribution is -2.38. The van der Waals surface area contributed by atoms with Crippen molar-refractivity contribution in [1.82, 2.24) is 0 Å². The molecule has 0 heterocycles. The molecule has 16 heavy (non-hydrogen) atoms. The van der Waals surface area contributed by atoms with Gasteiger partial charge in [-0.15, -0.1) is 0 Å². The first-order valence-electron chi connectivity index (χ1n) is 5.19. The third kappa shape index (κ3) is 2.48. The number of methoxy groups -OCH3 is 1. The summed E-state index contributed by atoms with van der Waals surface area (Å²) in [6.07, 6.45) is 1.68. The van der Waals surface area contributed by atoms with Crippen molar-refractivity contribution in [3.8, 4) is 5.75 Å². The zero-order valence-corrected chi connectivity index (χ0v) is 11.1. The van der Waals surface area contributed by atoms with Crippen LogP contribution in [-0.4, -0.2) is 19.2 Å². The number of benzene rings is 1. The Morgan fingerprint density at radius 1 is 1.38 bits per heavy atom. The minimum absolute atomic E-state index is 0.0244. The third-order valence-electron chi connectivity index (χ3n) is 2.76. The summed E-state index contributed by atoms with van der Waals surface area (Å²) in [6, 6.07) is 7.89. The fourth-order valence-electron chi connectivity index (χ4n) is 1.74. The van der Waals surface area contributed by atoms with E-state index in [-0.39, 0.29) is 18.0 Å². The number of rotatable bonds is 3. The van der Waals surface area contributed by atoms with Gasteiger partial charge in [0.05, 0.1) is 16.6 Å². The Morgan fingerprint density at radius 3 is 2.69 bits per heavy atom. The molecule has 0 amide bonds. The molecule has 0 saturated heterocycles. The minimum atomic E-state index is -0.123. The lowest BCUT2D eigenvalue weighted by atomic mass is 9.82. The number of carbonyl (C=O) groups excluding carboxylic acids is 1. The normalized spacial score (nSPS) is 23.4. The first-order valence-corrected chi connectivity index (χ1v) is 6.27. The molecule has 1 aromatic carbocycles. The maximum atomic E-state index is 11.2. The average Bonchev–Trinajstić information content (AvgIpc) is 2.24. The van der Waals surface area contributed by atoms with Crippen LogP contribution in [0.1, 0.15) is 12.8 Å². The van der Waals surface area contributed by atoms with Gasteiger partial charge in [0.15, 0.2) is 0 Å². The number of halogens is 1. The van der Waals surface area contributed by atoms with E-state index in [1.54, 1.807) is 0 Å². The summed E-state index contributed by atoms with van der Waals surface area (Å²) in [6.45, 7) is 0. The second-order valence-electron chi connectivity index (χ2n) is 3.86. The van der Waals surface area contributed by atoms with Crippen LogP contribution in [0.15, 0.2) is 24.3 Å². The van der Waals surface area contributed by atoms with Gasteiger partial charge in [-0.05, 0) is 47.6 Å². The topological polar surface area (TPSA) is 35.5 Å². The SMILES string of the molecule is COC(=O)C1CC(Oc2ccccc2I)C1. The van der Waals surface area contributed by atoms with Gasteiger partial charge in [-0.25, -0.2) is 0 Å². The Morgan fingerprint density at radius 2 is 2.06 bits per heavy atom. The molecule has 1 aromatic rings. The summed E-state index contributed by atoms with van der Waals surface area (Å²) < 4.78 is 11.6. The maximum absolute atomic E-state index is 11.2. The van der Waals surface area contributed by atoms with Crippen molar-refractivity contribution in [2.75, 3.05) is 7.11 Å². The predicted molar refractivity (Wildman–Crippen MR) is 68.3 cm³/mol. The molecule has 1 saturated carbocycles. The Kier molecular flexibility index (Phi) is 3.68. The Hall–Kier alpha value is -0.780. The highest BCUT2D eigenvalue weighted by molar-refractivity contribution is 14.1. The van der Waals surface area contributed by atoms with E-state index in [2.05, 4.69) is 27.3 Å². The molecule has 86 valence electrons. The summed E-state index contributed by atoms with van der Waals surface area (Å²) in [4.78, 5) is 11.2. The summed E-state index contributed by atoms with van der Waals surface area (Å²) in [5.41, 5.74) is 0. The lowest BCUT2D eigenvalue weighted by molar-refractivity contribution is -0.151. The molecule has 0 aromatic heterocycles. The van der Waals surface area contributed by atoms with Gasteiger partial charge in [0, 0.05) is 0 Å². The standard InChI is InChI=1S/C12H13IO3/c1-15-12(14)8-6-9(7-8)16-11-5-3-2-4-10(11)13/h2-5,8-9H,6-7H2,1H3. The highest BCUT2D eigenvalue weighted by Gasteiger charge is 2.37. The molecule has 1 fully saturated rings. The van der Waals surface area contributed by atoms with Crippen molar-refractivity contribution in [2.45, 2.75) is 18.9 Å². The van der Waals surface area contributed by atoms with Gasteiger partial charge >= 0.3 is 5.97 Å². The second-order valence-corrected chi connectivity index (χ2v) is 5.02. The van der Waals surface area contributed by atoms with E-state index in [1.807, 2.05) is 24.3 Å². The van der Waals surface area contributed by atoms with Crippen LogP contribution in [0.25, 0.3) is 0 Å². The predicted octanol–water partition coefficient (Wildman–Crippen LogP) is 2.62. The summed E-state index contributed by atoms with van der Waals surface area (Å²) >= 11 is 2.24. The van der Waals surface area contributed by atoms with Crippen LogP contribution in [0.4, 0.5) is 0 Å². The average molecular weight is 332 g/mol. The van der Waals surface area contributed by atoms with Gasteiger partial charge in [-0.1, -0.05) is 12.1 Å². The highest BCUT2D eigenvalue weighted by Crippen LogP contribution is 2.33. The van der Waals surface area contributed by atoms with Crippen molar-refractivity contribution in [1.29, 1.82) is 0 Å². The molecule has 0 aliphatic heterocycles. The van der Waals surface area contributed by atoms with Crippen LogP contribution in [0.2, 0.25) is 0 Å². The van der Waals surface area contributed by atoms with E-state index in [4.69, 9.17) is 4.74 Å². The molecule has 0 unspecified atom stereocenters. The van der Waals surface area contributed by atoms with Crippen molar-refractivity contribution >= 4 is 28.6 Å². The van der Waals surface area contributed by atoms with E-state index in [1.165, 1.54) is 7.11 Å². The molecule has 0 atom stereocenters. The van der Waals surface area contributed by atoms with Crippen LogP contribution in [0, 0.1) is 9.49 Å². The first kappa shape index (κ1) is 11.7. The van der Waals surface area contributed by atoms with Gasteiger partial charge < -0.3 is 9.47 Å². The largest absolute Gasteiger partial charge is 0.489 e. The van der Waals surface area contributed by atoms with Crippen LogP contribution in [0.5, 0.6) is 5.75 Å². The van der Waals surface area contributed by atoms with Gasteiger partial charge in [0.2, 0.25) is 0 Å². The maximum Gasteiger partial charge on any atom is 0.308 e. The molecule has 1 aliphatic rings. The molecular formula is C12H13IO3. The number of hydrogen-bond donors (Lipinski definition) is 0. The van der Waals surface area contributed by atoms with Crippen LogP contribution < -0.4 is 4.74 Å².